The first-order valence-electron chi connectivity index (χ1n) is 5.85. The zero-order chi connectivity index (χ0) is 14.0. The van der Waals surface area contributed by atoms with E-state index in [-0.39, 0.29) is 5.78 Å². The molecule has 0 aliphatic rings. The van der Waals surface area contributed by atoms with Crippen LogP contribution in [-0.4, -0.2) is 17.9 Å². The van der Waals surface area contributed by atoms with Crippen molar-refractivity contribution in [2.45, 2.75) is 13.8 Å². The van der Waals surface area contributed by atoms with Gasteiger partial charge in [0.15, 0.2) is 0 Å². The smallest absolute Gasteiger partial charge is 0.212 e. The van der Waals surface area contributed by atoms with E-state index < -0.39 is 0 Å². The minimum atomic E-state index is -0.0873. The number of pyridine rings is 1. The van der Waals surface area contributed by atoms with Crippen molar-refractivity contribution < 1.29 is 9.53 Å². The summed E-state index contributed by atoms with van der Waals surface area (Å²) in [4.78, 5) is 16.6. The number of aromatic nitrogens is 1. The zero-order valence-electron chi connectivity index (χ0n) is 11.0. The largest absolute Gasteiger partial charge is 0.496 e. The molecule has 0 saturated carbocycles. The van der Waals surface area contributed by atoms with Crippen LogP contribution in [0, 0.1) is 13.8 Å². The summed E-state index contributed by atoms with van der Waals surface area (Å²) in [6.07, 6.45) is 1.61. The number of rotatable bonds is 3. The van der Waals surface area contributed by atoms with Crippen LogP contribution in [0.25, 0.3) is 0 Å². The highest BCUT2D eigenvalue weighted by Crippen LogP contribution is 2.25. The van der Waals surface area contributed by atoms with Gasteiger partial charge in [-0.15, -0.1) is 0 Å². The fourth-order valence-corrected chi connectivity index (χ4v) is 2.37. The minimum absolute atomic E-state index is 0.0873. The van der Waals surface area contributed by atoms with Crippen LogP contribution in [0.2, 0.25) is 0 Å². The van der Waals surface area contributed by atoms with E-state index in [2.05, 4.69) is 20.9 Å². The predicted octanol–water partition coefficient (Wildman–Crippen LogP) is 3.70. The Morgan fingerprint density at radius 3 is 2.63 bits per heavy atom. The van der Waals surface area contributed by atoms with E-state index in [1.807, 2.05) is 32.0 Å². The Bertz CT molecular complexity index is 638. The number of ketones is 1. The molecule has 0 aliphatic heterocycles. The number of methoxy groups -OCH3 is 1. The first-order chi connectivity index (χ1) is 9.04. The molecule has 0 atom stereocenters. The summed E-state index contributed by atoms with van der Waals surface area (Å²) < 4.78 is 5.96. The molecule has 0 fully saturated rings. The van der Waals surface area contributed by atoms with Crippen LogP contribution in [0.4, 0.5) is 0 Å². The summed E-state index contributed by atoms with van der Waals surface area (Å²) in [5.74, 6) is 0.699. The van der Waals surface area contributed by atoms with E-state index in [1.54, 1.807) is 19.4 Å². The van der Waals surface area contributed by atoms with Crippen molar-refractivity contribution in [3.8, 4) is 5.75 Å². The van der Waals surface area contributed by atoms with E-state index in [0.717, 1.165) is 16.9 Å². The fraction of sp³-hybridized carbons (Fsp3) is 0.200. The average molecular weight is 320 g/mol. The summed E-state index contributed by atoms with van der Waals surface area (Å²) >= 11 is 3.36. The van der Waals surface area contributed by atoms with Gasteiger partial charge in [0.05, 0.1) is 7.11 Å². The normalized spacial score (nSPS) is 10.3. The zero-order valence-corrected chi connectivity index (χ0v) is 12.6. The number of benzene rings is 1. The van der Waals surface area contributed by atoms with Crippen molar-refractivity contribution in [1.29, 1.82) is 0 Å². The monoisotopic (exact) mass is 319 g/mol. The van der Waals surface area contributed by atoms with E-state index in [1.165, 1.54) is 0 Å². The van der Waals surface area contributed by atoms with Gasteiger partial charge in [-0.05, 0) is 65.2 Å². The van der Waals surface area contributed by atoms with E-state index >= 15 is 0 Å². The number of halogens is 1. The van der Waals surface area contributed by atoms with Crippen LogP contribution in [0.5, 0.6) is 5.75 Å². The van der Waals surface area contributed by atoms with Crippen molar-refractivity contribution in [2.24, 2.45) is 0 Å². The Labute approximate surface area is 120 Å². The topological polar surface area (TPSA) is 39.2 Å². The fourth-order valence-electron chi connectivity index (χ4n) is 1.93. The quantitative estimate of drug-likeness (QED) is 0.810. The lowest BCUT2D eigenvalue weighted by Gasteiger charge is -2.10. The molecule has 1 aromatic heterocycles. The number of carbonyl (C=O) groups is 1. The molecule has 1 aromatic carbocycles. The molecule has 0 saturated heterocycles. The molecule has 4 heteroatoms. The van der Waals surface area contributed by atoms with Crippen molar-refractivity contribution in [2.75, 3.05) is 7.11 Å². The highest BCUT2D eigenvalue weighted by atomic mass is 79.9. The highest BCUT2D eigenvalue weighted by molar-refractivity contribution is 9.10. The third kappa shape index (κ3) is 2.68. The Morgan fingerprint density at radius 2 is 2.00 bits per heavy atom. The third-order valence-electron chi connectivity index (χ3n) is 2.96. The first kappa shape index (κ1) is 13.7. The Balaban J connectivity index is 2.51. The second-order valence-corrected chi connectivity index (χ2v) is 5.15. The predicted molar refractivity (Wildman–Crippen MR) is 77.8 cm³/mol. The van der Waals surface area contributed by atoms with Crippen LogP contribution < -0.4 is 4.74 Å². The minimum Gasteiger partial charge on any atom is -0.496 e. The molecule has 0 spiro atoms. The van der Waals surface area contributed by atoms with Crippen molar-refractivity contribution in [3.05, 3.63) is 57.3 Å². The van der Waals surface area contributed by atoms with Gasteiger partial charge in [-0.3, -0.25) is 9.78 Å². The molecular formula is C15H14BrNO2. The second kappa shape index (κ2) is 5.53. The Kier molecular flexibility index (Phi) is 4.00. The maximum Gasteiger partial charge on any atom is 0.212 e. The number of hydrogen-bond acceptors (Lipinski definition) is 3. The summed E-state index contributed by atoms with van der Waals surface area (Å²) in [7, 11) is 1.62. The van der Waals surface area contributed by atoms with Gasteiger partial charge in [-0.2, -0.15) is 0 Å². The Morgan fingerprint density at radius 1 is 1.26 bits per heavy atom. The summed E-state index contributed by atoms with van der Waals surface area (Å²) in [6.45, 7) is 3.81. The summed E-state index contributed by atoms with van der Waals surface area (Å²) in [5, 5.41) is 0. The molecule has 98 valence electrons. The number of carbonyl (C=O) groups excluding carboxylic acids is 1. The maximum absolute atomic E-state index is 12.5. The third-order valence-corrected chi connectivity index (χ3v) is 3.60. The van der Waals surface area contributed by atoms with Crippen molar-refractivity contribution in [1.82, 2.24) is 4.98 Å². The second-order valence-electron chi connectivity index (χ2n) is 4.30. The molecule has 0 unspecified atom stereocenters. The van der Waals surface area contributed by atoms with Crippen molar-refractivity contribution >= 4 is 21.7 Å². The number of nitrogens with zero attached hydrogens (tertiary/aromatic N) is 1. The van der Waals surface area contributed by atoms with Gasteiger partial charge >= 0.3 is 0 Å². The molecule has 2 aromatic rings. The number of ether oxygens (including phenoxy) is 1. The van der Waals surface area contributed by atoms with Crippen LogP contribution in [-0.2, 0) is 0 Å². The molecule has 0 aliphatic carbocycles. The van der Waals surface area contributed by atoms with E-state index in [4.69, 9.17) is 4.74 Å². The molecule has 19 heavy (non-hydrogen) atoms. The average Bonchev–Trinajstić information content (AvgIpc) is 2.40. The standard InChI is InChI=1S/C15H14BrNO2/c1-9-8-13(19-3)10(2)7-11(9)15(18)14-12(16)5-4-6-17-14/h4-8H,1-3H3. The molecule has 1 heterocycles. The van der Waals surface area contributed by atoms with Gasteiger partial charge < -0.3 is 4.74 Å². The van der Waals surface area contributed by atoms with Gasteiger partial charge in [0.2, 0.25) is 5.78 Å². The van der Waals surface area contributed by atoms with Gasteiger partial charge in [-0.25, -0.2) is 0 Å². The molecule has 3 nitrogen and oxygen atoms in total. The van der Waals surface area contributed by atoms with Crippen molar-refractivity contribution in [3.63, 3.8) is 0 Å². The van der Waals surface area contributed by atoms with Gasteiger partial charge in [-0.1, -0.05) is 0 Å². The lowest BCUT2D eigenvalue weighted by atomic mass is 9.99. The molecule has 0 amide bonds. The van der Waals surface area contributed by atoms with Crippen LogP contribution in [0.15, 0.2) is 34.9 Å². The van der Waals surface area contributed by atoms with Gasteiger partial charge in [0.1, 0.15) is 11.4 Å². The van der Waals surface area contributed by atoms with E-state index in [0.29, 0.717) is 15.7 Å². The Hall–Kier alpha value is -1.68. The molecular weight excluding hydrogens is 306 g/mol. The van der Waals surface area contributed by atoms with Crippen LogP contribution >= 0.6 is 15.9 Å². The van der Waals surface area contributed by atoms with E-state index in [9.17, 15) is 4.79 Å². The lowest BCUT2D eigenvalue weighted by molar-refractivity contribution is 0.103. The maximum atomic E-state index is 12.5. The molecule has 2 rings (SSSR count). The highest BCUT2D eigenvalue weighted by Gasteiger charge is 2.17. The number of hydrogen-bond donors (Lipinski definition) is 0. The molecule has 0 radical (unpaired) electrons. The molecule has 0 N–H and O–H groups in total. The SMILES string of the molecule is COc1cc(C)c(C(=O)c2ncccc2Br)cc1C. The van der Waals surface area contributed by atoms with Crippen LogP contribution in [0.1, 0.15) is 27.2 Å². The summed E-state index contributed by atoms with van der Waals surface area (Å²) in [5.41, 5.74) is 2.89. The first-order valence-corrected chi connectivity index (χ1v) is 6.64. The summed E-state index contributed by atoms with van der Waals surface area (Å²) in [6, 6.07) is 7.32. The molecule has 0 bridgehead atoms. The lowest BCUT2D eigenvalue weighted by Crippen LogP contribution is -2.07. The van der Waals surface area contributed by atoms with Gasteiger partial charge in [0.25, 0.3) is 0 Å². The van der Waals surface area contributed by atoms with Gasteiger partial charge in [0, 0.05) is 16.2 Å². The number of aryl methyl sites for hydroxylation is 2. The van der Waals surface area contributed by atoms with Crippen LogP contribution in [0.3, 0.4) is 0 Å².